The molecule has 5 nitrogen and oxygen atoms in total. The lowest BCUT2D eigenvalue weighted by atomic mass is 9.86. The van der Waals surface area contributed by atoms with Gasteiger partial charge in [-0.3, -0.25) is 4.79 Å². The van der Waals surface area contributed by atoms with E-state index in [-0.39, 0.29) is 18.6 Å². The smallest absolute Gasteiger partial charge is 0.258 e. The number of carbonyl (C=O) groups excluding carboxylic acids is 1. The molecule has 1 fully saturated rings. The summed E-state index contributed by atoms with van der Waals surface area (Å²) >= 11 is 12.2. The van der Waals surface area contributed by atoms with Crippen molar-refractivity contribution < 1.29 is 9.53 Å². The van der Waals surface area contributed by atoms with Crippen molar-refractivity contribution in [2.24, 2.45) is 5.92 Å². The maximum atomic E-state index is 12.2. The van der Waals surface area contributed by atoms with Crippen LogP contribution in [0.1, 0.15) is 32.6 Å². The fourth-order valence-electron chi connectivity index (χ4n) is 3.10. The minimum absolute atomic E-state index is 0.0978. The van der Waals surface area contributed by atoms with Crippen LogP contribution in [0.25, 0.3) is 10.9 Å². The molecule has 3 rings (SSSR count). The minimum atomic E-state index is -0.145. The highest BCUT2D eigenvalue weighted by Crippen LogP contribution is 2.30. The Morgan fingerprint density at radius 1 is 1.29 bits per heavy atom. The molecule has 1 amide bonds. The Hall–Kier alpha value is -1.59. The molecule has 128 valence electrons. The molecule has 2 atom stereocenters. The summed E-state index contributed by atoms with van der Waals surface area (Å²) in [5.41, 5.74) is 0.548. The molecule has 1 aliphatic carbocycles. The molecule has 0 radical (unpaired) electrons. The van der Waals surface area contributed by atoms with Gasteiger partial charge in [0.2, 0.25) is 5.88 Å². The predicted octanol–water partition coefficient (Wildman–Crippen LogP) is 4.01. The number of amides is 1. The van der Waals surface area contributed by atoms with E-state index in [1.807, 2.05) is 0 Å². The highest BCUT2D eigenvalue weighted by molar-refractivity contribution is 6.38. The Morgan fingerprint density at radius 2 is 2.08 bits per heavy atom. The third-order valence-corrected chi connectivity index (χ3v) is 4.92. The van der Waals surface area contributed by atoms with Gasteiger partial charge in [-0.1, -0.05) is 43.0 Å². The summed E-state index contributed by atoms with van der Waals surface area (Å²) in [6.07, 6.45) is 5.93. The van der Waals surface area contributed by atoms with Crippen LogP contribution < -0.4 is 10.1 Å². The molecule has 24 heavy (non-hydrogen) atoms. The van der Waals surface area contributed by atoms with Crippen LogP contribution in [0, 0.1) is 5.92 Å². The van der Waals surface area contributed by atoms with E-state index in [0.717, 1.165) is 19.3 Å². The molecule has 1 aromatic heterocycles. The van der Waals surface area contributed by atoms with Gasteiger partial charge < -0.3 is 10.1 Å². The molecular formula is C17H19Cl2N3O2. The van der Waals surface area contributed by atoms with Crippen LogP contribution in [0.3, 0.4) is 0 Å². The van der Waals surface area contributed by atoms with Crippen LogP contribution in [-0.2, 0) is 4.79 Å². The quantitative estimate of drug-likeness (QED) is 0.886. The lowest BCUT2D eigenvalue weighted by Gasteiger charge is -2.29. The first-order chi connectivity index (χ1) is 11.5. The Labute approximate surface area is 150 Å². The van der Waals surface area contributed by atoms with Crippen molar-refractivity contribution in [2.75, 3.05) is 6.61 Å². The molecule has 2 aromatic rings. The van der Waals surface area contributed by atoms with Crippen LogP contribution >= 0.6 is 23.2 Å². The number of benzene rings is 1. The number of fused-ring (bicyclic) bond motifs is 1. The fraction of sp³-hybridized carbons (Fsp3) is 0.471. The van der Waals surface area contributed by atoms with Gasteiger partial charge in [-0.15, -0.1) is 0 Å². The summed E-state index contributed by atoms with van der Waals surface area (Å²) < 4.78 is 5.59. The van der Waals surface area contributed by atoms with E-state index in [9.17, 15) is 4.79 Å². The van der Waals surface area contributed by atoms with Crippen molar-refractivity contribution in [1.82, 2.24) is 15.3 Å². The van der Waals surface area contributed by atoms with Gasteiger partial charge in [0.1, 0.15) is 6.33 Å². The van der Waals surface area contributed by atoms with E-state index in [2.05, 4.69) is 22.2 Å². The average Bonchev–Trinajstić information content (AvgIpc) is 2.55. The van der Waals surface area contributed by atoms with Crippen molar-refractivity contribution in [1.29, 1.82) is 0 Å². The first kappa shape index (κ1) is 17.2. The van der Waals surface area contributed by atoms with Gasteiger partial charge in [0.05, 0.1) is 15.9 Å². The summed E-state index contributed by atoms with van der Waals surface area (Å²) in [5.74, 6) is 0.657. The minimum Gasteiger partial charge on any atom is -0.467 e. The lowest BCUT2D eigenvalue weighted by molar-refractivity contribution is -0.124. The van der Waals surface area contributed by atoms with Gasteiger partial charge in [0, 0.05) is 11.1 Å². The lowest BCUT2D eigenvalue weighted by Crippen LogP contribution is -2.43. The predicted molar refractivity (Wildman–Crippen MR) is 94.6 cm³/mol. The zero-order valence-corrected chi connectivity index (χ0v) is 14.9. The van der Waals surface area contributed by atoms with E-state index in [1.165, 1.54) is 12.7 Å². The number of nitrogens with one attached hydrogen (secondary N) is 1. The maximum absolute atomic E-state index is 12.2. The number of carbonyl (C=O) groups is 1. The summed E-state index contributed by atoms with van der Waals surface area (Å²) in [6, 6.07) is 3.51. The van der Waals surface area contributed by atoms with Gasteiger partial charge in [0.15, 0.2) is 6.61 Å². The number of hydrogen-bond donors (Lipinski definition) is 1. The molecular weight excluding hydrogens is 349 g/mol. The standard InChI is InChI=1S/C17H19Cl2N3O2/c1-10-4-2-3-5-14(10)22-15(23)8-24-17-12-6-11(18)7-13(19)16(12)20-9-21-17/h6-7,9-10,14H,2-5,8H2,1H3,(H,22,23)/t10-,14+/m0/s1. The molecule has 1 aromatic carbocycles. The SMILES string of the molecule is C[C@H]1CCCC[C@H]1NC(=O)COc1ncnc2c(Cl)cc(Cl)cc12. The molecule has 0 spiro atoms. The number of ether oxygens (including phenoxy) is 1. The molecule has 1 saturated carbocycles. The largest absolute Gasteiger partial charge is 0.467 e. The van der Waals surface area contributed by atoms with Crippen molar-refractivity contribution in [2.45, 2.75) is 38.6 Å². The monoisotopic (exact) mass is 367 g/mol. The zero-order chi connectivity index (χ0) is 17.1. The Kier molecular flexibility index (Phi) is 5.41. The first-order valence-electron chi connectivity index (χ1n) is 8.06. The maximum Gasteiger partial charge on any atom is 0.258 e. The van der Waals surface area contributed by atoms with Gasteiger partial charge in [-0.2, -0.15) is 0 Å². The first-order valence-corrected chi connectivity index (χ1v) is 8.82. The van der Waals surface area contributed by atoms with E-state index < -0.39 is 0 Å². The third-order valence-electron chi connectivity index (χ3n) is 4.42. The summed E-state index contributed by atoms with van der Waals surface area (Å²) in [5, 5.41) is 4.53. The normalized spacial score (nSPS) is 20.8. The van der Waals surface area contributed by atoms with E-state index in [1.54, 1.807) is 12.1 Å². The Morgan fingerprint density at radius 3 is 2.88 bits per heavy atom. The molecule has 1 N–H and O–H groups in total. The molecule has 0 saturated heterocycles. The summed E-state index contributed by atoms with van der Waals surface area (Å²) in [4.78, 5) is 20.4. The van der Waals surface area contributed by atoms with Crippen LogP contribution in [0.15, 0.2) is 18.5 Å². The summed E-state index contributed by atoms with van der Waals surface area (Å²) in [7, 11) is 0. The number of rotatable bonds is 4. The van der Waals surface area contributed by atoms with Gasteiger partial charge in [0.25, 0.3) is 5.91 Å². The van der Waals surface area contributed by atoms with E-state index in [4.69, 9.17) is 27.9 Å². The second-order valence-corrected chi connectivity index (χ2v) is 7.03. The fourth-order valence-corrected chi connectivity index (χ4v) is 3.64. The average molecular weight is 368 g/mol. The van der Waals surface area contributed by atoms with E-state index in [0.29, 0.717) is 32.7 Å². The molecule has 1 aliphatic rings. The Bertz CT molecular complexity index is 754. The highest BCUT2D eigenvalue weighted by atomic mass is 35.5. The Balaban J connectivity index is 1.68. The van der Waals surface area contributed by atoms with Crippen molar-refractivity contribution in [3.05, 3.63) is 28.5 Å². The van der Waals surface area contributed by atoms with Crippen LogP contribution in [0.5, 0.6) is 5.88 Å². The van der Waals surface area contributed by atoms with E-state index >= 15 is 0 Å². The van der Waals surface area contributed by atoms with Gasteiger partial charge >= 0.3 is 0 Å². The van der Waals surface area contributed by atoms with Crippen LogP contribution in [0.2, 0.25) is 10.0 Å². The number of hydrogen-bond acceptors (Lipinski definition) is 4. The number of halogens is 2. The van der Waals surface area contributed by atoms with Crippen molar-refractivity contribution in [3.8, 4) is 5.88 Å². The zero-order valence-electron chi connectivity index (χ0n) is 13.4. The molecule has 0 unspecified atom stereocenters. The second-order valence-electron chi connectivity index (χ2n) is 6.19. The topological polar surface area (TPSA) is 64.1 Å². The molecule has 1 heterocycles. The second kappa shape index (κ2) is 7.53. The highest BCUT2D eigenvalue weighted by Gasteiger charge is 2.23. The van der Waals surface area contributed by atoms with Crippen molar-refractivity contribution in [3.63, 3.8) is 0 Å². The summed E-state index contributed by atoms with van der Waals surface area (Å²) in [6.45, 7) is 2.08. The van der Waals surface area contributed by atoms with Crippen LogP contribution in [0.4, 0.5) is 0 Å². The van der Waals surface area contributed by atoms with Gasteiger partial charge in [-0.25, -0.2) is 9.97 Å². The molecule has 7 heteroatoms. The number of nitrogens with zero attached hydrogens (tertiary/aromatic N) is 2. The molecule has 0 bridgehead atoms. The molecule has 0 aliphatic heterocycles. The van der Waals surface area contributed by atoms with Crippen LogP contribution in [-0.4, -0.2) is 28.5 Å². The van der Waals surface area contributed by atoms with Crippen molar-refractivity contribution >= 4 is 40.0 Å². The number of aromatic nitrogens is 2. The van der Waals surface area contributed by atoms with Gasteiger partial charge in [-0.05, 0) is 30.9 Å². The third kappa shape index (κ3) is 3.90.